The van der Waals surface area contributed by atoms with E-state index in [1.165, 1.54) is 22.3 Å². The molecule has 0 atom stereocenters. The highest BCUT2D eigenvalue weighted by Crippen LogP contribution is 2.23. The van der Waals surface area contributed by atoms with Crippen LogP contribution in [0.15, 0.2) is 30.3 Å². The lowest BCUT2D eigenvalue weighted by Crippen LogP contribution is -2.04. The third-order valence-electron chi connectivity index (χ3n) is 3.70. The molecule has 0 aromatic heterocycles. The average Bonchev–Trinajstić information content (AvgIpc) is 2.36. The number of hydrogen-bond donors (Lipinski definition) is 1. The Kier molecular flexibility index (Phi) is 4.26. The van der Waals surface area contributed by atoms with Crippen molar-refractivity contribution < 1.29 is 4.92 Å². The Labute approximate surface area is 125 Å². The molecule has 0 aliphatic carbocycles. The summed E-state index contributed by atoms with van der Waals surface area (Å²) in [5.74, 6) is 0. The number of anilines is 1. The highest BCUT2D eigenvalue weighted by molar-refractivity contribution is 5.54. The average molecular weight is 284 g/mol. The molecular formula is C17H20N2O2. The van der Waals surface area contributed by atoms with E-state index in [-0.39, 0.29) is 10.6 Å². The molecule has 2 aromatic rings. The van der Waals surface area contributed by atoms with Crippen LogP contribution in [0.1, 0.15) is 27.8 Å². The molecule has 0 fully saturated rings. The molecule has 0 saturated heterocycles. The molecule has 4 heteroatoms. The van der Waals surface area contributed by atoms with Gasteiger partial charge in [0.15, 0.2) is 0 Å². The molecule has 0 radical (unpaired) electrons. The molecule has 21 heavy (non-hydrogen) atoms. The summed E-state index contributed by atoms with van der Waals surface area (Å²) in [5.41, 5.74) is 6.79. The fourth-order valence-corrected chi connectivity index (χ4v) is 2.65. The van der Waals surface area contributed by atoms with Gasteiger partial charge in [-0.05, 0) is 56.5 Å². The maximum Gasteiger partial charge on any atom is 0.272 e. The first-order valence-corrected chi connectivity index (χ1v) is 6.94. The minimum atomic E-state index is -0.354. The van der Waals surface area contributed by atoms with E-state index in [2.05, 4.69) is 38.2 Å². The van der Waals surface area contributed by atoms with Gasteiger partial charge in [0.05, 0.1) is 4.92 Å². The quantitative estimate of drug-likeness (QED) is 0.667. The largest absolute Gasteiger partial charge is 0.381 e. The van der Waals surface area contributed by atoms with E-state index in [9.17, 15) is 10.1 Å². The number of nitrogens with one attached hydrogen (secondary N) is 1. The minimum Gasteiger partial charge on any atom is -0.381 e. The Balaban J connectivity index is 2.17. The Hall–Kier alpha value is -2.36. The van der Waals surface area contributed by atoms with Crippen LogP contribution in [0.4, 0.5) is 11.4 Å². The topological polar surface area (TPSA) is 55.2 Å². The van der Waals surface area contributed by atoms with Crippen molar-refractivity contribution in [2.45, 2.75) is 34.2 Å². The smallest absolute Gasteiger partial charge is 0.272 e. The van der Waals surface area contributed by atoms with E-state index >= 15 is 0 Å². The second-order valence-corrected chi connectivity index (χ2v) is 5.49. The zero-order valence-corrected chi connectivity index (χ0v) is 12.9. The molecule has 2 rings (SSSR count). The second-order valence-electron chi connectivity index (χ2n) is 5.49. The van der Waals surface area contributed by atoms with Crippen LogP contribution in [0.3, 0.4) is 0 Å². The third kappa shape index (κ3) is 3.40. The van der Waals surface area contributed by atoms with Crippen LogP contribution in [-0.2, 0) is 6.54 Å². The van der Waals surface area contributed by atoms with Gasteiger partial charge >= 0.3 is 0 Å². The molecule has 2 aromatic carbocycles. The summed E-state index contributed by atoms with van der Waals surface area (Å²) in [6.07, 6.45) is 0. The third-order valence-corrected chi connectivity index (χ3v) is 3.70. The first kappa shape index (κ1) is 15.0. The van der Waals surface area contributed by atoms with Gasteiger partial charge in [0, 0.05) is 23.9 Å². The standard InChI is InChI=1S/C17H20N2O2/c1-11-7-12(2)16(13(3)8-11)10-18-15-5-6-17(19(20)21)14(4)9-15/h5-9,18H,10H2,1-4H3. The molecule has 110 valence electrons. The molecule has 0 aliphatic heterocycles. The number of benzene rings is 2. The molecule has 0 unspecified atom stereocenters. The molecule has 0 aliphatic rings. The number of nitro groups is 1. The first-order valence-electron chi connectivity index (χ1n) is 6.94. The SMILES string of the molecule is Cc1cc(C)c(CNc2ccc([N+](=O)[O-])c(C)c2)c(C)c1. The number of nitro benzene ring substituents is 1. The maximum absolute atomic E-state index is 10.8. The molecule has 1 N–H and O–H groups in total. The summed E-state index contributed by atoms with van der Waals surface area (Å²) in [5, 5.41) is 14.2. The molecule has 0 bridgehead atoms. The second kappa shape index (κ2) is 5.95. The summed E-state index contributed by atoms with van der Waals surface area (Å²) in [6.45, 7) is 8.79. The fraction of sp³-hybridized carbons (Fsp3) is 0.294. The fourth-order valence-electron chi connectivity index (χ4n) is 2.65. The van der Waals surface area contributed by atoms with Gasteiger partial charge in [-0.25, -0.2) is 0 Å². The zero-order chi connectivity index (χ0) is 15.6. The van der Waals surface area contributed by atoms with Crippen molar-refractivity contribution >= 4 is 11.4 Å². The van der Waals surface area contributed by atoms with Crippen molar-refractivity contribution in [1.82, 2.24) is 0 Å². The summed E-state index contributed by atoms with van der Waals surface area (Å²) in [6, 6.07) is 9.46. The maximum atomic E-state index is 10.8. The molecule has 0 heterocycles. The monoisotopic (exact) mass is 284 g/mol. The van der Waals surface area contributed by atoms with E-state index in [0.29, 0.717) is 5.56 Å². The van der Waals surface area contributed by atoms with E-state index in [0.717, 1.165) is 12.2 Å². The molecule has 0 spiro atoms. The first-order chi connectivity index (χ1) is 9.88. The zero-order valence-electron chi connectivity index (χ0n) is 12.9. The van der Waals surface area contributed by atoms with Crippen LogP contribution in [0.25, 0.3) is 0 Å². The Morgan fingerprint density at radius 1 is 1.00 bits per heavy atom. The Morgan fingerprint density at radius 2 is 1.62 bits per heavy atom. The number of nitrogens with zero attached hydrogens (tertiary/aromatic N) is 1. The van der Waals surface area contributed by atoms with Gasteiger partial charge in [-0.1, -0.05) is 17.7 Å². The van der Waals surface area contributed by atoms with Gasteiger partial charge in [-0.2, -0.15) is 0 Å². The number of aryl methyl sites for hydroxylation is 4. The van der Waals surface area contributed by atoms with Crippen molar-refractivity contribution in [2.24, 2.45) is 0 Å². The van der Waals surface area contributed by atoms with Gasteiger partial charge in [-0.3, -0.25) is 10.1 Å². The summed E-state index contributed by atoms with van der Waals surface area (Å²) in [7, 11) is 0. The highest BCUT2D eigenvalue weighted by Gasteiger charge is 2.10. The van der Waals surface area contributed by atoms with Gasteiger partial charge in [0.2, 0.25) is 0 Å². The molecule has 0 amide bonds. The van der Waals surface area contributed by atoms with Crippen LogP contribution in [0.5, 0.6) is 0 Å². The summed E-state index contributed by atoms with van der Waals surface area (Å²) in [4.78, 5) is 10.5. The van der Waals surface area contributed by atoms with Gasteiger partial charge < -0.3 is 5.32 Å². The van der Waals surface area contributed by atoms with Crippen molar-refractivity contribution in [1.29, 1.82) is 0 Å². The molecular weight excluding hydrogens is 264 g/mol. The van der Waals surface area contributed by atoms with Crippen LogP contribution < -0.4 is 5.32 Å². The van der Waals surface area contributed by atoms with Gasteiger partial charge in [-0.15, -0.1) is 0 Å². The van der Waals surface area contributed by atoms with Crippen molar-refractivity contribution in [3.8, 4) is 0 Å². The molecule has 0 saturated carbocycles. The highest BCUT2D eigenvalue weighted by atomic mass is 16.6. The van der Waals surface area contributed by atoms with E-state index in [4.69, 9.17) is 0 Å². The lowest BCUT2D eigenvalue weighted by Gasteiger charge is -2.13. The summed E-state index contributed by atoms with van der Waals surface area (Å²) < 4.78 is 0. The van der Waals surface area contributed by atoms with Crippen LogP contribution in [0.2, 0.25) is 0 Å². The van der Waals surface area contributed by atoms with Crippen molar-refractivity contribution in [3.63, 3.8) is 0 Å². The molecule has 4 nitrogen and oxygen atoms in total. The van der Waals surface area contributed by atoms with Crippen molar-refractivity contribution in [3.05, 3.63) is 68.3 Å². The number of hydrogen-bond acceptors (Lipinski definition) is 3. The van der Waals surface area contributed by atoms with Crippen molar-refractivity contribution in [2.75, 3.05) is 5.32 Å². The number of rotatable bonds is 4. The normalized spacial score (nSPS) is 10.5. The predicted octanol–water partition coefficient (Wildman–Crippen LogP) is 4.44. The lowest BCUT2D eigenvalue weighted by atomic mass is 10.00. The van der Waals surface area contributed by atoms with Crippen LogP contribution >= 0.6 is 0 Å². The summed E-state index contributed by atoms with van der Waals surface area (Å²) >= 11 is 0. The Morgan fingerprint density at radius 3 is 2.14 bits per heavy atom. The van der Waals surface area contributed by atoms with Crippen LogP contribution in [-0.4, -0.2) is 4.92 Å². The van der Waals surface area contributed by atoms with Crippen LogP contribution in [0, 0.1) is 37.8 Å². The Bertz CT molecular complexity index is 670. The minimum absolute atomic E-state index is 0.156. The predicted molar refractivity (Wildman–Crippen MR) is 85.8 cm³/mol. The van der Waals surface area contributed by atoms with Gasteiger partial charge in [0.1, 0.15) is 0 Å². The van der Waals surface area contributed by atoms with E-state index in [1.54, 1.807) is 19.1 Å². The lowest BCUT2D eigenvalue weighted by molar-refractivity contribution is -0.385. The van der Waals surface area contributed by atoms with E-state index in [1.807, 2.05) is 6.07 Å². The van der Waals surface area contributed by atoms with E-state index < -0.39 is 0 Å². The van der Waals surface area contributed by atoms with Gasteiger partial charge in [0.25, 0.3) is 5.69 Å².